The molecule has 0 radical (unpaired) electrons. The van der Waals surface area contributed by atoms with E-state index in [0.717, 1.165) is 34.6 Å². The van der Waals surface area contributed by atoms with Crippen molar-refractivity contribution in [3.05, 3.63) is 23.0 Å². The van der Waals surface area contributed by atoms with Crippen molar-refractivity contribution in [2.45, 2.75) is 46.4 Å². The van der Waals surface area contributed by atoms with Crippen LogP contribution in [0.1, 0.15) is 27.7 Å². The van der Waals surface area contributed by atoms with E-state index in [4.69, 9.17) is 17.0 Å². The lowest BCUT2D eigenvalue weighted by Gasteiger charge is -2.21. The van der Waals surface area contributed by atoms with Crippen LogP contribution in [-0.2, 0) is 6.54 Å². The van der Waals surface area contributed by atoms with Crippen molar-refractivity contribution in [3.8, 4) is 5.75 Å². The van der Waals surface area contributed by atoms with Crippen LogP contribution in [0.5, 0.6) is 5.75 Å². The fourth-order valence-electron chi connectivity index (χ4n) is 2.24. The summed E-state index contributed by atoms with van der Waals surface area (Å²) in [5.74, 6) is 0.865. The predicted molar refractivity (Wildman–Crippen MR) is 90.7 cm³/mol. The van der Waals surface area contributed by atoms with Crippen LogP contribution in [0.3, 0.4) is 0 Å². The third-order valence-corrected chi connectivity index (χ3v) is 4.02. The van der Waals surface area contributed by atoms with Gasteiger partial charge in [0, 0.05) is 19.1 Å². The summed E-state index contributed by atoms with van der Waals surface area (Å²) < 4.78 is 8.76. The zero-order valence-corrected chi connectivity index (χ0v) is 14.3. The van der Waals surface area contributed by atoms with Crippen LogP contribution in [0.25, 0.3) is 11.0 Å². The molecule has 0 aliphatic rings. The average molecular weight is 307 g/mol. The molecule has 2 rings (SSSR count). The largest absolute Gasteiger partial charge is 0.489 e. The van der Waals surface area contributed by atoms with E-state index in [1.165, 1.54) is 0 Å². The van der Waals surface area contributed by atoms with Gasteiger partial charge in [-0.05, 0) is 59.1 Å². The average Bonchev–Trinajstić information content (AvgIpc) is 2.72. The monoisotopic (exact) mass is 307 g/mol. The van der Waals surface area contributed by atoms with Crippen molar-refractivity contribution < 1.29 is 4.74 Å². The second-order valence-corrected chi connectivity index (χ2v) is 6.36. The number of nitrogens with one attached hydrogen (secondary N) is 1. The highest BCUT2D eigenvalue weighted by molar-refractivity contribution is 7.71. The van der Waals surface area contributed by atoms with E-state index in [-0.39, 0.29) is 6.10 Å². The molecular formula is C16H25N3OS. The van der Waals surface area contributed by atoms with E-state index in [9.17, 15) is 0 Å². The minimum Gasteiger partial charge on any atom is -0.489 e. The van der Waals surface area contributed by atoms with Gasteiger partial charge in [0.25, 0.3) is 0 Å². The second-order valence-electron chi connectivity index (χ2n) is 5.97. The minimum atomic E-state index is 0.146. The molecule has 1 aromatic heterocycles. The Bertz CT molecular complexity index is 657. The van der Waals surface area contributed by atoms with Crippen molar-refractivity contribution >= 4 is 23.3 Å². The molecule has 116 valence electrons. The van der Waals surface area contributed by atoms with Gasteiger partial charge in [0.15, 0.2) is 4.77 Å². The lowest BCUT2D eigenvalue weighted by molar-refractivity contribution is 0.245. The zero-order chi connectivity index (χ0) is 15.6. The molecule has 0 bridgehead atoms. The molecule has 0 saturated carbocycles. The number of nitrogens with zero attached hydrogens (tertiary/aromatic N) is 2. The minimum absolute atomic E-state index is 0.146. The van der Waals surface area contributed by atoms with E-state index in [1.54, 1.807) is 0 Å². The maximum atomic E-state index is 5.86. The number of fused-ring (bicyclic) bond motifs is 1. The van der Waals surface area contributed by atoms with Crippen molar-refractivity contribution in [2.24, 2.45) is 0 Å². The Kier molecular flexibility index (Phi) is 5.06. The van der Waals surface area contributed by atoms with Gasteiger partial charge in [0.2, 0.25) is 0 Å². The van der Waals surface area contributed by atoms with Crippen LogP contribution in [0.15, 0.2) is 18.2 Å². The first-order valence-electron chi connectivity index (χ1n) is 7.48. The zero-order valence-electron chi connectivity index (χ0n) is 13.5. The Labute approximate surface area is 131 Å². The van der Waals surface area contributed by atoms with Gasteiger partial charge in [0.1, 0.15) is 11.3 Å². The molecule has 0 amide bonds. The normalized spacial score (nSPS) is 12.0. The van der Waals surface area contributed by atoms with Crippen molar-refractivity contribution in [2.75, 3.05) is 13.6 Å². The fraction of sp³-hybridized carbons (Fsp3) is 0.562. The van der Waals surface area contributed by atoms with E-state index in [0.29, 0.717) is 6.04 Å². The summed E-state index contributed by atoms with van der Waals surface area (Å²) in [5, 5.41) is 0. The van der Waals surface area contributed by atoms with Crippen molar-refractivity contribution in [1.82, 2.24) is 14.5 Å². The Hall–Kier alpha value is -1.33. The lowest BCUT2D eigenvalue weighted by atomic mass is 10.3. The van der Waals surface area contributed by atoms with Crippen LogP contribution in [0.2, 0.25) is 0 Å². The van der Waals surface area contributed by atoms with Gasteiger partial charge in [-0.3, -0.25) is 0 Å². The van der Waals surface area contributed by atoms with Crippen LogP contribution in [-0.4, -0.2) is 40.2 Å². The molecule has 1 heterocycles. The molecule has 0 atom stereocenters. The molecule has 4 nitrogen and oxygen atoms in total. The van der Waals surface area contributed by atoms with Crippen LogP contribution < -0.4 is 4.74 Å². The third kappa shape index (κ3) is 3.66. The first-order chi connectivity index (χ1) is 9.90. The van der Waals surface area contributed by atoms with E-state index in [1.807, 2.05) is 26.0 Å². The van der Waals surface area contributed by atoms with Gasteiger partial charge in [-0.15, -0.1) is 0 Å². The first kappa shape index (κ1) is 16.0. The summed E-state index contributed by atoms with van der Waals surface area (Å²) in [6.07, 6.45) is 0.146. The number of H-pyrrole nitrogens is 1. The molecule has 0 unspecified atom stereocenters. The standard InChI is InChI=1S/C16H25N3OS/c1-11(2)18(5)9-10-19-13-7-6-8-14(20-12(3)4)15(13)17-16(19)21/h6-8,11-12H,9-10H2,1-5H3,(H,17,21). The quantitative estimate of drug-likeness (QED) is 0.824. The summed E-state index contributed by atoms with van der Waals surface area (Å²) in [7, 11) is 2.14. The number of imidazole rings is 1. The number of aromatic amines is 1. The molecular weight excluding hydrogens is 282 g/mol. The summed E-state index contributed by atoms with van der Waals surface area (Å²) in [4.78, 5) is 5.60. The Morgan fingerprint density at radius 2 is 2.00 bits per heavy atom. The summed E-state index contributed by atoms with van der Waals surface area (Å²) in [6, 6.07) is 6.62. The predicted octanol–water partition coefficient (Wildman–Crippen LogP) is 3.83. The molecule has 0 fully saturated rings. The number of ether oxygens (including phenoxy) is 1. The topological polar surface area (TPSA) is 33.2 Å². The number of rotatable bonds is 6. The van der Waals surface area contributed by atoms with Gasteiger partial charge in [0.05, 0.1) is 11.6 Å². The fourth-order valence-corrected chi connectivity index (χ4v) is 2.54. The maximum absolute atomic E-state index is 5.86. The lowest BCUT2D eigenvalue weighted by Crippen LogP contribution is -2.29. The van der Waals surface area contributed by atoms with Crippen LogP contribution in [0, 0.1) is 4.77 Å². The van der Waals surface area contributed by atoms with E-state index < -0.39 is 0 Å². The first-order valence-corrected chi connectivity index (χ1v) is 7.89. The van der Waals surface area contributed by atoms with Crippen molar-refractivity contribution in [1.29, 1.82) is 0 Å². The molecule has 1 aromatic carbocycles. The Balaban J connectivity index is 2.33. The van der Waals surface area contributed by atoms with Gasteiger partial charge < -0.3 is 19.2 Å². The SMILES string of the molecule is CC(C)Oc1cccc2c1[nH]c(=S)n2CCN(C)C(C)C. The molecule has 0 aliphatic carbocycles. The highest BCUT2D eigenvalue weighted by Crippen LogP contribution is 2.25. The molecule has 1 N–H and O–H groups in total. The summed E-state index contributed by atoms with van der Waals surface area (Å²) in [5.41, 5.74) is 2.10. The Morgan fingerprint density at radius 3 is 2.62 bits per heavy atom. The van der Waals surface area contributed by atoms with E-state index in [2.05, 4.69) is 41.4 Å². The molecule has 0 spiro atoms. The number of benzene rings is 1. The Morgan fingerprint density at radius 1 is 1.29 bits per heavy atom. The molecule has 2 aromatic rings. The van der Waals surface area contributed by atoms with Crippen molar-refractivity contribution in [3.63, 3.8) is 0 Å². The number of para-hydroxylation sites is 1. The van der Waals surface area contributed by atoms with Gasteiger partial charge in [-0.2, -0.15) is 0 Å². The molecule has 5 heteroatoms. The smallest absolute Gasteiger partial charge is 0.178 e. The van der Waals surface area contributed by atoms with Crippen LogP contribution >= 0.6 is 12.2 Å². The number of hydrogen-bond acceptors (Lipinski definition) is 3. The maximum Gasteiger partial charge on any atom is 0.178 e. The van der Waals surface area contributed by atoms with Gasteiger partial charge >= 0.3 is 0 Å². The number of hydrogen-bond donors (Lipinski definition) is 1. The second kappa shape index (κ2) is 6.62. The highest BCUT2D eigenvalue weighted by atomic mass is 32.1. The van der Waals surface area contributed by atoms with Crippen LogP contribution in [0.4, 0.5) is 0 Å². The molecule has 0 saturated heterocycles. The summed E-state index contributed by atoms with van der Waals surface area (Å²) in [6.45, 7) is 10.3. The number of likely N-dealkylation sites (N-methyl/N-ethyl adjacent to an activating group) is 1. The van der Waals surface area contributed by atoms with Gasteiger partial charge in [-0.25, -0.2) is 0 Å². The highest BCUT2D eigenvalue weighted by Gasteiger charge is 2.11. The molecule has 21 heavy (non-hydrogen) atoms. The number of aromatic nitrogens is 2. The molecule has 0 aliphatic heterocycles. The van der Waals surface area contributed by atoms with E-state index >= 15 is 0 Å². The third-order valence-electron chi connectivity index (χ3n) is 3.69. The van der Waals surface area contributed by atoms with Gasteiger partial charge in [-0.1, -0.05) is 6.07 Å². The summed E-state index contributed by atoms with van der Waals surface area (Å²) >= 11 is 5.48.